The van der Waals surface area contributed by atoms with Crippen molar-refractivity contribution in [2.45, 2.75) is 34.1 Å². The summed E-state index contributed by atoms with van der Waals surface area (Å²) in [5, 5.41) is 0. The molecule has 0 aliphatic carbocycles. The standard InChI is InChI=1S/C12H16FNS/c1-5-11-6-12(10(4)15-11)9(3)14-7-8(2)13/h6-7H,5H2,1-4H3/b8-7+,14-9?. The Labute approximate surface area is 94.4 Å². The van der Waals surface area contributed by atoms with Crippen molar-refractivity contribution in [3.63, 3.8) is 0 Å². The van der Waals surface area contributed by atoms with E-state index in [0.717, 1.165) is 17.7 Å². The predicted octanol–water partition coefficient (Wildman–Crippen LogP) is 4.26. The molecule has 1 aromatic heterocycles. The van der Waals surface area contributed by atoms with E-state index in [4.69, 9.17) is 0 Å². The maximum atomic E-state index is 12.5. The molecule has 0 aliphatic rings. The molecule has 1 aromatic rings. The van der Waals surface area contributed by atoms with Crippen LogP contribution >= 0.6 is 11.3 Å². The number of aliphatic imine (C=N–C) groups is 1. The first kappa shape index (κ1) is 12.1. The summed E-state index contributed by atoms with van der Waals surface area (Å²) in [5.74, 6) is -0.266. The zero-order valence-corrected chi connectivity index (χ0v) is 10.4. The Kier molecular flexibility index (Phi) is 4.21. The summed E-state index contributed by atoms with van der Waals surface area (Å²) in [4.78, 5) is 6.68. The molecule has 0 unspecified atom stereocenters. The van der Waals surface area contributed by atoms with Gasteiger partial charge in [-0.2, -0.15) is 0 Å². The van der Waals surface area contributed by atoms with E-state index in [-0.39, 0.29) is 5.83 Å². The monoisotopic (exact) mass is 225 g/mol. The second-order valence-electron chi connectivity index (χ2n) is 3.47. The molecule has 0 fully saturated rings. The number of halogens is 1. The Balaban J connectivity index is 3.00. The summed E-state index contributed by atoms with van der Waals surface area (Å²) in [6.45, 7) is 7.51. The van der Waals surface area contributed by atoms with Gasteiger partial charge in [0.2, 0.25) is 0 Å². The SMILES string of the molecule is CCc1cc(C(C)=N/C=C(\C)F)c(C)s1. The number of allylic oxidation sites excluding steroid dienone is 1. The van der Waals surface area contributed by atoms with Gasteiger partial charge in [0.15, 0.2) is 0 Å². The van der Waals surface area contributed by atoms with Gasteiger partial charge in [0.05, 0.1) is 6.20 Å². The second-order valence-corrected chi connectivity index (χ2v) is 4.81. The molecule has 3 heteroatoms. The van der Waals surface area contributed by atoms with Gasteiger partial charge in [0.25, 0.3) is 0 Å². The third-order valence-electron chi connectivity index (χ3n) is 2.14. The lowest BCUT2D eigenvalue weighted by Gasteiger charge is -1.96. The molecule has 1 nitrogen and oxygen atoms in total. The molecule has 15 heavy (non-hydrogen) atoms. The first-order valence-corrected chi connectivity index (χ1v) is 5.82. The molecule has 0 aromatic carbocycles. The second kappa shape index (κ2) is 5.21. The van der Waals surface area contributed by atoms with Crippen molar-refractivity contribution in [1.29, 1.82) is 0 Å². The van der Waals surface area contributed by atoms with Crippen molar-refractivity contribution in [2.75, 3.05) is 0 Å². The molecule has 0 N–H and O–H groups in total. The minimum Gasteiger partial charge on any atom is -0.258 e. The van der Waals surface area contributed by atoms with Crippen LogP contribution in [0.2, 0.25) is 0 Å². The van der Waals surface area contributed by atoms with Gasteiger partial charge in [0.1, 0.15) is 5.83 Å². The Morgan fingerprint density at radius 1 is 1.53 bits per heavy atom. The van der Waals surface area contributed by atoms with Gasteiger partial charge in [-0.25, -0.2) is 4.39 Å². The fraction of sp³-hybridized carbons (Fsp3) is 0.417. The molecule has 0 saturated carbocycles. The average Bonchev–Trinajstić information content (AvgIpc) is 2.56. The van der Waals surface area contributed by atoms with Crippen LogP contribution < -0.4 is 0 Å². The number of hydrogen-bond acceptors (Lipinski definition) is 2. The van der Waals surface area contributed by atoms with Crippen molar-refractivity contribution in [1.82, 2.24) is 0 Å². The number of nitrogens with zero attached hydrogens (tertiary/aromatic N) is 1. The highest BCUT2D eigenvalue weighted by atomic mass is 32.1. The number of rotatable bonds is 3. The van der Waals surface area contributed by atoms with Gasteiger partial charge >= 0.3 is 0 Å². The predicted molar refractivity (Wildman–Crippen MR) is 65.5 cm³/mol. The minimum atomic E-state index is -0.266. The quantitative estimate of drug-likeness (QED) is 0.682. The lowest BCUT2D eigenvalue weighted by atomic mass is 10.1. The molecule has 0 bridgehead atoms. The van der Waals surface area contributed by atoms with Crippen molar-refractivity contribution in [3.8, 4) is 0 Å². The van der Waals surface area contributed by atoms with Gasteiger partial charge in [-0.05, 0) is 33.3 Å². The number of hydrogen-bond donors (Lipinski definition) is 0. The summed E-state index contributed by atoms with van der Waals surface area (Å²) in [7, 11) is 0. The normalized spacial score (nSPS) is 13.4. The molecule has 1 heterocycles. The van der Waals surface area contributed by atoms with Gasteiger partial charge < -0.3 is 0 Å². The van der Waals surface area contributed by atoms with Crippen LogP contribution in [-0.4, -0.2) is 5.71 Å². The number of thiophene rings is 1. The van der Waals surface area contributed by atoms with E-state index < -0.39 is 0 Å². The van der Waals surface area contributed by atoms with Crippen LogP contribution in [0.1, 0.15) is 36.1 Å². The van der Waals surface area contributed by atoms with Crippen LogP contribution in [-0.2, 0) is 6.42 Å². The van der Waals surface area contributed by atoms with Crippen molar-refractivity contribution in [3.05, 3.63) is 33.4 Å². The van der Waals surface area contributed by atoms with E-state index in [9.17, 15) is 4.39 Å². The zero-order valence-electron chi connectivity index (χ0n) is 9.60. The Hall–Kier alpha value is -0.960. The lowest BCUT2D eigenvalue weighted by molar-refractivity contribution is 0.637. The summed E-state index contributed by atoms with van der Waals surface area (Å²) >= 11 is 1.78. The van der Waals surface area contributed by atoms with Crippen molar-refractivity contribution in [2.24, 2.45) is 4.99 Å². The van der Waals surface area contributed by atoms with Crippen LogP contribution in [0, 0.1) is 6.92 Å². The summed E-state index contributed by atoms with van der Waals surface area (Å²) in [6.07, 6.45) is 2.30. The van der Waals surface area contributed by atoms with Crippen LogP contribution in [0.5, 0.6) is 0 Å². The maximum absolute atomic E-state index is 12.5. The van der Waals surface area contributed by atoms with E-state index >= 15 is 0 Å². The highest BCUT2D eigenvalue weighted by Gasteiger charge is 2.06. The van der Waals surface area contributed by atoms with Crippen LogP contribution in [0.25, 0.3) is 0 Å². The first-order chi connectivity index (χ1) is 7.04. The van der Waals surface area contributed by atoms with E-state index in [1.807, 2.05) is 6.92 Å². The fourth-order valence-corrected chi connectivity index (χ4v) is 2.36. The smallest absolute Gasteiger partial charge is 0.115 e. The third kappa shape index (κ3) is 3.27. The molecular weight excluding hydrogens is 209 g/mol. The fourth-order valence-electron chi connectivity index (χ4n) is 1.33. The average molecular weight is 225 g/mol. The number of aryl methyl sites for hydroxylation is 2. The van der Waals surface area contributed by atoms with Gasteiger partial charge in [-0.15, -0.1) is 11.3 Å². The molecule has 0 atom stereocenters. The van der Waals surface area contributed by atoms with Gasteiger partial charge in [-0.3, -0.25) is 4.99 Å². The highest BCUT2D eigenvalue weighted by Crippen LogP contribution is 2.22. The molecule has 0 spiro atoms. The topological polar surface area (TPSA) is 12.4 Å². The first-order valence-electron chi connectivity index (χ1n) is 5.01. The Morgan fingerprint density at radius 2 is 2.20 bits per heavy atom. The maximum Gasteiger partial charge on any atom is 0.115 e. The van der Waals surface area contributed by atoms with Crippen molar-refractivity contribution >= 4 is 17.0 Å². The van der Waals surface area contributed by atoms with E-state index in [1.54, 1.807) is 11.3 Å². The molecule has 82 valence electrons. The van der Waals surface area contributed by atoms with Crippen LogP contribution in [0.3, 0.4) is 0 Å². The minimum absolute atomic E-state index is 0.266. The zero-order chi connectivity index (χ0) is 11.4. The van der Waals surface area contributed by atoms with E-state index in [2.05, 4.69) is 24.9 Å². The van der Waals surface area contributed by atoms with E-state index in [0.29, 0.717) is 0 Å². The van der Waals surface area contributed by atoms with Crippen LogP contribution in [0.4, 0.5) is 4.39 Å². The molecule has 0 radical (unpaired) electrons. The third-order valence-corrected chi connectivity index (χ3v) is 3.34. The summed E-state index contributed by atoms with van der Waals surface area (Å²) in [5.41, 5.74) is 2.01. The van der Waals surface area contributed by atoms with Gasteiger partial charge in [-0.1, -0.05) is 6.92 Å². The summed E-state index contributed by atoms with van der Waals surface area (Å²) < 4.78 is 12.5. The lowest BCUT2D eigenvalue weighted by Crippen LogP contribution is -1.93. The molecule has 0 saturated heterocycles. The molecule has 1 rings (SSSR count). The van der Waals surface area contributed by atoms with E-state index in [1.165, 1.54) is 22.9 Å². The highest BCUT2D eigenvalue weighted by molar-refractivity contribution is 7.12. The van der Waals surface area contributed by atoms with Gasteiger partial charge in [0, 0.05) is 21.0 Å². The Bertz CT molecular complexity index is 398. The Morgan fingerprint density at radius 3 is 2.67 bits per heavy atom. The largest absolute Gasteiger partial charge is 0.258 e. The summed E-state index contributed by atoms with van der Waals surface area (Å²) in [6, 6.07) is 2.14. The van der Waals surface area contributed by atoms with Crippen LogP contribution in [0.15, 0.2) is 23.1 Å². The molecule has 0 aliphatic heterocycles. The molecule has 0 amide bonds. The molecular formula is C12H16FNS. The van der Waals surface area contributed by atoms with Crippen molar-refractivity contribution < 1.29 is 4.39 Å².